The Hall–Kier alpha value is -2.18. The first-order valence-corrected chi connectivity index (χ1v) is 40.9. The normalized spacial score (nSPS) is 12.7. The Morgan fingerprint density at radius 1 is 0.311 bits per heavy atom. The summed E-state index contributed by atoms with van der Waals surface area (Å²) in [5, 5.41) is 23.5. The Kier molecular flexibility index (Phi) is 77.3. The van der Waals surface area contributed by atoms with Crippen LogP contribution in [0.1, 0.15) is 450 Å². The Bertz CT molecular complexity index is 1500. The van der Waals surface area contributed by atoms with E-state index >= 15 is 0 Å². The van der Waals surface area contributed by atoms with E-state index in [9.17, 15) is 19.8 Å². The van der Waals surface area contributed by atoms with Crippen LogP contribution in [-0.2, 0) is 14.3 Å². The molecule has 0 aromatic heterocycles. The molecule has 6 nitrogen and oxygen atoms in total. The summed E-state index contributed by atoms with van der Waals surface area (Å²) in [6, 6.07) is -0.541. The van der Waals surface area contributed by atoms with Crippen molar-refractivity contribution in [3.8, 4) is 0 Å². The average Bonchev–Trinajstić information content (AvgIpc) is 3.71. The Morgan fingerprint density at radius 2 is 0.578 bits per heavy atom. The summed E-state index contributed by atoms with van der Waals surface area (Å²) in [4.78, 5) is 24.6. The van der Waals surface area contributed by atoms with Crippen molar-refractivity contribution in [2.45, 2.75) is 463 Å². The highest BCUT2D eigenvalue weighted by Gasteiger charge is 2.20. The Balaban J connectivity index is 3.37. The maximum atomic E-state index is 12.6. The monoisotopic (exact) mass is 1260 g/mol. The molecule has 0 saturated carbocycles. The zero-order chi connectivity index (χ0) is 64.9. The van der Waals surface area contributed by atoms with Crippen LogP contribution < -0.4 is 5.32 Å². The number of hydrogen-bond donors (Lipinski definition) is 3. The highest BCUT2D eigenvalue weighted by Crippen LogP contribution is 2.20. The van der Waals surface area contributed by atoms with Gasteiger partial charge in [0.15, 0.2) is 0 Å². The van der Waals surface area contributed by atoms with Crippen molar-refractivity contribution in [1.29, 1.82) is 0 Å². The topological polar surface area (TPSA) is 95.9 Å². The van der Waals surface area contributed by atoms with Gasteiger partial charge in [-0.1, -0.05) is 403 Å². The van der Waals surface area contributed by atoms with Gasteiger partial charge in [0.2, 0.25) is 5.91 Å². The number of carbonyl (C=O) groups excluding carboxylic acids is 2. The fourth-order valence-corrected chi connectivity index (χ4v) is 12.9. The summed E-state index contributed by atoms with van der Waals surface area (Å²) in [6.07, 6.45) is 105. The summed E-state index contributed by atoms with van der Waals surface area (Å²) < 4.78 is 5.48. The van der Waals surface area contributed by atoms with Crippen molar-refractivity contribution >= 4 is 11.9 Å². The van der Waals surface area contributed by atoms with Gasteiger partial charge in [-0.25, -0.2) is 0 Å². The third-order valence-electron chi connectivity index (χ3n) is 19.1. The first-order chi connectivity index (χ1) is 44.5. The number of aliphatic hydroxyl groups excluding tert-OH is 2. The van der Waals surface area contributed by atoms with E-state index in [4.69, 9.17) is 4.74 Å². The van der Waals surface area contributed by atoms with E-state index in [1.54, 1.807) is 0 Å². The van der Waals surface area contributed by atoms with Crippen LogP contribution >= 0.6 is 0 Å². The molecule has 6 heteroatoms. The van der Waals surface area contributed by atoms with Crippen molar-refractivity contribution < 1.29 is 24.5 Å². The van der Waals surface area contributed by atoms with Crippen LogP contribution in [-0.4, -0.2) is 47.4 Å². The van der Waals surface area contributed by atoms with E-state index in [-0.39, 0.29) is 18.5 Å². The van der Waals surface area contributed by atoms with Crippen molar-refractivity contribution in [3.05, 3.63) is 48.6 Å². The van der Waals surface area contributed by atoms with Crippen molar-refractivity contribution in [3.63, 3.8) is 0 Å². The van der Waals surface area contributed by atoms with Gasteiger partial charge in [-0.3, -0.25) is 9.59 Å². The highest BCUT2D eigenvalue weighted by molar-refractivity contribution is 5.76. The molecule has 0 rings (SSSR count). The standard InChI is InChI=1S/C84H159NO5/c1-3-5-7-9-11-13-15-17-18-19-20-21-37-40-43-46-49-53-56-60-64-68-72-76-82(87)81(80-86)85-83(88)77-73-69-65-61-57-54-50-47-44-41-38-35-33-31-29-27-25-23-22-24-26-28-30-32-34-36-39-42-45-48-51-55-59-63-67-71-75-79-90-84(89)78-74-70-66-62-58-52-16-14-12-10-8-6-4-2/h8,10,14,16,22,24,28,30,81-82,86-87H,3-7,9,11-13,15,17-21,23,25-27,29,31-80H2,1-2H3,(H,85,88)/b10-8-,16-14-,24-22-,30-28-. The van der Waals surface area contributed by atoms with Crippen LogP contribution in [0, 0.1) is 0 Å². The van der Waals surface area contributed by atoms with E-state index in [0.717, 1.165) is 57.8 Å². The summed E-state index contributed by atoms with van der Waals surface area (Å²) >= 11 is 0. The number of carbonyl (C=O) groups is 2. The smallest absolute Gasteiger partial charge is 0.305 e. The van der Waals surface area contributed by atoms with E-state index < -0.39 is 12.1 Å². The number of esters is 1. The fraction of sp³-hybridized carbons (Fsp3) is 0.881. The van der Waals surface area contributed by atoms with E-state index in [1.807, 2.05) is 0 Å². The van der Waals surface area contributed by atoms with Gasteiger partial charge in [-0.2, -0.15) is 0 Å². The summed E-state index contributed by atoms with van der Waals surface area (Å²) in [5.74, 6) is -0.0233. The third kappa shape index (κ3) is 74.9. The molecule has 2 unspecified atom stereocenters. The molecule has 1 amide bonds. The van der Waals surface area contributed by atoms with Crippen molar-refractivity contribution in [2.75, 3.05) is 13.2 Å². The summed E-state index contributed by atoms with van der Waals surface area (Å²) in [7, 11) is 0. The summed E-state index contributed by atoms with van der Waals surface area (Å²) in [5.41, 5.74) is 0. The number of allylic oxidation sites excluding steroid dienone is 8. The van der Waals surface area contributed by atoms with Gasteiger partial charge in [0.1, 0.15) is 0 Å². The van der Waals surface area contributed by atoms with Gasteiger partial charge >= 0.3 is 5.97 Å². The number of aliphatic hydroxyl groups is 2. The zero-order valence-electron chi connectivity index (χ0n) is 60.9. The molecule has 0 aliphatic heterocycles. The molecular weight excluding hydrogens is 1100 g/mol. The van der Waals surface area contributed by atoms with E-state index in [2.05, 4.69) is 67.8 Å². The van der Waals surface area contributed by atoms with E-state index in [1.165, 1.54) is 360 Å². The Morgan fingerprint density at radius 3 is 0.889 bits per heavy atom. The number of amides is 1. The molecule has 0 aromatic carbocycles. The lowest BCUT2D eigenvalue weighted by Crippen LogP contribution is -2.45. The molecule has 0 saturated heterocycles. The molecule has 0 aromatic rings. The first-order valence-electron chi connectivity index (χ1n) is 40.9. The maximum absolute atomic E-state index is 12.6. The van der Waals surface area contributed by atoms with Crippen LogP contribution in [0.4, 0.5) is 0 Å². The quantitative estimate of drug-likeness (QED) is 0.0320. The Labute approximate surface area is 563 Å². The minimum atomic E-state index is -0.664. The largest absolute Gasteiger partial charge is 0.466 e. The van der Waals surface area contributed by atoms with Gasteiger partial charge < -0.3 is 20.3 Å². The average molecular weight is 1260 g/mol. The highest BCUT2D eigenvalue weighted by atomic mass is 16.5. The van der Waals surface area contributed by atoms with Gasteiger partial charge in [-0.15, -0.1) is 0 Å². The SMILES string of the molecule is CCC/C=C\C/C=C\CCCCCCCC(=O)OCCCCCCCCCCCCCCC/C=C\C/C=C\CCCCCCCCCCCCCCCCCCCC(=O)NC(CO)C(O)CCCCCCCCCCCCCCCCCCCCCCCCC. The molecule has 0 radical (unpaired) electrons. The van der Waals surface area contributed by atoms with Gasteiger partial charge in [0.25, 0.3) is 0 Å². The minimum absolute atomic E-state index is 0.00373. The molecule has 0 bridgehead atoms. The van der Waals surface area contributed by atoms with Crippen LogP contribution in [0.5, 0.6) is 0 Å². The second kappa shape index (κ2) is 79.3. The minimum Gasteiger partial charge on any atom is -0.466 e. The molecule has 2 atom stereocenters. The third-order valence-corrected chi connectivity index (χ3v) is 19.1. The number of ether oxygens (including phenoxy) is 1. The lowest BCUT2D eigenvalue weighted by Gasteiger charge is -2.22. The maximum Gasteiger partial charge on any atom is 0.305 e. The van der Waals surface area contributed by atoms with Crippen LogP contribution in [0.3, 0.4) is 0 Å². The molecule has 0 heterocycles. The number of nitrogens with one attached hydrogen (secondary N) is 1. The van der Waals surface area contributed by atoms with Crippen LogP contribution in [0.2, 0.25) is 0 Å². The van der Waals surface area contributed by atoms with Gasteiger partial charge in [0.05, 0.1) is 25.4 Å². The molecule has 530 valence electrons. The van der Waals surface area contributed by atoms with Crippen molar-refractivity contribution in [2.24, 2.45) is 0 Å². The second-order valence-electron chi connectivity index (χ2n) is 28.1. The molecule has 90 heavy (non-hydrogen) atoms. The molecule has 3 N–H and O–H groups in total. The molecular formula is C84H159NO5. The van der Waals surface area contributed by atoms with Crippen LogP contribution in [0.15, 0.2) is 48.6 Å². The summed E-state index contributed by atoms with van der Waals surface area (Å²) in [6.45, 7) is 4.93. The number of hydrogen-bond acceptors (Lipinski definition) is 5. The zero-order valence-corrected chi connectivity index (χ0v) is 60.9. The molecule has 0 aliphatic rings. The van der Waals surface area contributed by atoms with Gasteiger partial charge in [-0.05, 0) is 83.5 Å². The van der Waals surface area contributed by atoms with Gasteiger partial charge in [0, 0.05) is 12.8 Å². The predicted molar refractivity (Wildman–Crippen MR) is 398 cm³/mol. The van der Waals surface area contributed by atoms with Crippen molar-refractivity contribution in [1.82, 2.24) is 5.32 Å². The number of rotatable bonds is 77. The second-order valence-corrected chi connectivity index (χ2v) is 28.1. The molecule has 0 fully saturated rings. The van der Waals surface area contributed by atoms with Crippen LogP contribution in [0.25, 0.3) is 0 Å². The van der Waals surface area contributed by atoms with E-state index in [0.29, 0.717) is 25.9 Å². The lowest BCUT2D eigenvalue weighted by molar-refractivity contribution is -0.143. The fourth-order valence-electron chi connectivity index (χ4n) is 12.9. The molecule has 0 spiro atoms. The number of unbranched alkanes of at least 4 members (excludes halogenated alkanes) is 58. The molecule has 0 aliphatic carbocycles. The lowest BCUT2D eigenvalue weighted by atomic mass is 10.0. The first kappa shape index (κ1) is 87.8. The predicted octanol–water partition coefficient (Wildman–Crippen LogP) is 27.2.